The van der Waals surface area contributed by atoms with Gasteiger partial charge in [-0.3, -0.25) is 19.5 Å². The van der Waals surface area contributed by atoms with Crippen LogP contribution in [0.1, 0.15) is 34.7 Å². The molecule has 0 bridgehead atoms. The Labute approximate surface area is 210 Å². The van der Waals surface area contributed by atoms with Gasteiger partial charge in [0.2, 0.25) is 0 Å². The Morgan fingerprint density at radius 2 is 1.89 bits per heavy atom. The number of nitro benzene ring substituents is 1. The van der Waals surface area contributed by atoms with Crippen molar-refractivity contribution in [3.05, 3.63) is 130 Å². The topological polar surface area (TPSA) is 86.7 Å². The number of allylic oxidation sites excluding steroid dienone is 1. The van der Waals surface area contributed by atoms with E-state index in [1.807, 2.05) is 36.4 Å². The maximum atomic E-state index is 13.8. The molecular weight excluding hydrogens is 474 g/mol. The molecule has 1 unspecified atom stereocenters. The Kier molecular flexibility index (Phi) is 5.38. The van der Waals surface area contributed by atoms with Crippen LogP contribution in [0.5, 0.6) is 5.75 Å². The maximum absolute atomic E-state index is 13.8. The Hall–Kier alpha value is -4.30. The summed E-state index contributed by atoms with van der Waals surface area (Å²) in [5.74, 6) is 0.732. The van der Waals surface area contributed by atoms with Gasteiger partial charge in [-0.2, -0.15) is 0 Å². The van der Waals surface area contributed by atoms with E-state index in [0.717, 1.165) is 46.6 Å². The summed E-state index contributed by atoms with van der Waals surface area (Å²) < 4.78 is 7.80. The first-order valence-corrected chi connectivity index (χ1v) is 12.4. The number of methoxy groups -OCH3 is 1. The molecule has 3 aromatic carbocycles. The monoisotopic (exact) mass is 495 g/mol. The van der Waals surface area contributed by atoms with E-state index >= 15 is 0 Å². The van der Waals surface area contributed by atoms with E-state index < -0.39 is 4.92 Å². The van der Waals surface area contributed by atoms with Crippen molar-refractivity contribution in [2.24, 2.45) is 4.99 Å². The molecule has 1 aliphatic carbocycles. The molecule has 0 fully saturated rings. The number of nitro groups is 1. The SMILES string of the molecule is COc1cccc(C2C3=C(N=c4sc(=Cc5ccc([N+](=O)[O-])cc5)c(=O)n42)c2ccccc2CC3)c1. The van der Waals surface area contributed by atoms with Crippen LogP contribution in [0.4, 0.5) is 5.69 Å². The fourth-order valence-corrected chi connectivity index (χ4v) is 5.98. The summed E-state index contributed by atoms with van der Waals surface area (Å²) in [6, 6.07) is 22.0. The Morgan fingerprint density at radius 1 is 1.08 bits per heavy atom. The fourth-order valence-electron chi connectivity index (χ4n) is 4.98. The van der Waals surface area contributed by atoms with Crippen LogP contribution >= 0.6 is 11.3 Å². The van der Waals surface area contributed by atoms with Crippen LogP contribution in [0.3, 0.4) is 0 Å². The van der Waals surface area contributed by atoms with Gasteiger partial charge in [0.05, 0.1) is 28.3 Å². The van der Waals surface area contributed by atoms with Gasteiger partial charge in [0.15, 0.2) is 4.80 Å². The highest BCUT2D eigenvalue weighted by atomic mass is 32.1. The zero-order valence-electron chi connectivity index (χ0n) is 19.4. The number of aryl methyl sites for hydroxylation is 1. The number of aromatic nitrogens is 1. The predicted molar refractivity (Wildman–Crippen MR) is 139 cm³/mol. The summed E-state index contributed by atoms with van der Waals surface area (Å²) >= 11 is 1.34. The van der Waals surface area contributed by atoms with Gasteiger partial charge in [0.25, 0.3) is 11.2 Å². The lowest BCUT2D eigenvalue weighted by Crippen LogP contribution is -2.38. The quantitative estimate of drug-likeness (QED) is 0.313. The Morgan fingerprint density at radius 3 is 2.67 bits per heavy atom. The molecule has 0 amide bonds. The Bertz CT molecular complexity index is 1730. The van der Waals surface area contributed by atoms with Gasteiger partial charge in [-0.15, -0.1) is 0 Å². The molecule has 6 rings (SSSR count). The largest absolute Gasteiger partial charge is 0.497 e. The lowest BCUT2D eigenvalue weighted by atomic mass is 9.83. The summed E-state index contributed by atoms with van der Waals surface area (Å²) in [5, 5.41) is 11.0. The number of hydrogen-bond acceptors (Lipinski definition) is 6. The van der Waals surface area contributed by atoms with Crippen molar-refractivity contribution >= 4 is 28.8 Å². The zero-order chi connectivity index (χ0) is 24.8. The summed E-state index contributed by atoms with van der Waals surface area (Å²) in [6.45, 7) is 0. The summed E-state index contributed by atoms with van der Waals surface area (Å²) in [4.78, 5) is 30.0. The van der Waals surface area contributed by atoms with E-state index in [2.05, 4.69) is 12.1 Å². The van der Waals surface area contributed by atoms with E-state index in [1.165, 1.54) is 29.0 Å². The fraction of sp³-hybridized carbons (Fsp3) is 0.143. The molecule has 4 aromatic rings. The molecule has 1 atom stereocenters. The molecule has 0 N–H and O–H groups in total. The molecule has 0 saturated heterocycles. The molecule has 1 aliphatic heterocycles. The molecule has 0 spiro atoms. The average Bonchev–Trinajstić information content (AvgIpc) is 3.22. The van der Waals surface area contributed by atoms with Gasteiger partial charge in [-0.25, -0.2) is 4.99 Å². The van der Waals surface area contributed by atoms with E-state index in [-0.39, 0.29) is 17.3 Å². The lowest BCUT2D eigenvalue weighted by Gasteiger charge is -2.31. The number of ether oxygens (including phenoxy) is 1. The van der Waals surface area contributed by atoms with Crippen LogP contribution in [-0.4, -0.2) is 16.6 Å². The number of benzene rings is 3. The second-order valence-corrected chi connectivity index (χ2v) is 9.75. The third kappa shape index (κ3) is 3.67. The summed E-state index contributed by atoms with van der Waals surface area (Å²) in [5.41, 5.74) is 6.00. The first-order valence-electron chi connectivity index (χ1n) is 11.5. The molecule has 178 valence electrons. The van der Waals surface area contributed by atoms with Gasteiger partial charge in [0.1, 0.15) is 5.75 Å². The minimum absolute atomic E-state index is 0.0120. The van der Waals surface area contributed by atoms with Crippen molar-refractivity contribution in [2.45, 2.75) is 18.9 Å². The lowest BCUT2D eigenvalue weighted by molar-refractivity contribution is -0.384. The minimum atomic E-state index is -0.436. The van der Waals surface area contributed by atoms with Gasteiger partial charge in [-0.05, 0) is 65.4 Å². The van der Waals surface area contributed by atoms with Crippen LogP contribution < -0.4 is 19.6 Å². The summed E-state index contributed by atoms with van der Waals surface area (Å²) in [7, 11) is 1.64. The minimum Gasteiger partial charge on any atom is -0.497 e. The predicted octanol–water partition coefficient (Wildman–Crippen LogP) is 4.24. The molecule has 0 radical (unpaired) electrons. The first kappa shape index (κ1) is 22.2. The van der Waals surface area contributed by atoms with Crippen molar-refractivity contribution in [3.63, 3.8) is 0 Å². The van der Waals surface area contributed by atoms with E-state index in [1.54, 1.807) is 29.9 Å². The Balaban J connectivity index is 1.58. The van der Waals surface area contributed by atoms with Crippen LogP contribution in [-0.2, 0) is 6.42 Å². The van der Waals surface area contributed by atoms with Crippen molar-refractivity contribution in [1.82, 2.24) is 4.57 Å². The summed E-state index contributed by atoms with van der Waals surface area (Å²) in [6.07, 6.45) is 3.47. The third-order valence-corrected chi connectivity index (χ3v) is 7.67. The van der Waals surface area contributed by atoms with Gasteiger partial charge in [-0.1, -0.05) is 47.7 Å². The van der Waals surface area contributed by atoms with Crippen LogP contribution in [0.15, 0.2) is 88.2 Å². The smallest absolute Gasteiger partial charge is 0.271 e. The zero-order valence-corrected chi connectivity index (χ0v) is 20.2. The van der Waals surface area contributed by atoms with Crippen LogP contribution in [0.25, 0.3) is 11.8 Å². The van der Waals surface area contributed by atoms with Crippen molar-refractivity contribution < 1.29 is 9.66 Å². The molecule has 2 aliphatic rings. The average molecular weight is 496 g/mol. The van der Waals surface area contributed by atoms with Crippen molar-refractivity contribution in [2.75, 3.05) is 7.11 Å². The molecule has 8 heteroatoms. The molecular formula is C28H21N3O4S. The third-order valence-electron chi connectivity index (χ3n) is 6.68. The molecule has 1 aromatic heterocycles. The standard InChI is InChI=1S/C28H21N3O4S/c1-35-21-7-4-6-19(16-21)26-23-14-11-18-5-2-3-8-22(18)25(23)29-28-30(26)27(32)24(36-28)15-17-9-12-20(13-10-17)31(33)34/h2-10,12-13,15-16,26H,11,14H2,1H3. The molecule has 2 heterocycles. The van der Waals surface area contributed by atoms with E-state index in [4.69, 9.17) is 9.73 Å². The number of non-ortho nitro benzene ring substituents is 1. The van der Waals surface area contributed by atoms with Gasteiger partial charge >= 0.3 is 0 Å². The second kappa shape index (κ2) is 8.73. The molecule has 7 nitrogen and oxygen atoms in total. The number of nitrogens with zero attached hydrogens (tertiary/aromatic N) is 3. The van der Waals surface area contributed by atoms with E-state index in [0.29, 0.717) is 9.33 Å². The van der Waals surface area contributed by atoms with Crippen LogP contribution in [0.2, 0.25) is 0 Å². The number of fused-ring (bicyclic) bond motifs is 3. The number of rotatable bonds is 4. The van der Waals surface area contributed by atoms with E-state index in [9.17, 15) is 14.9 Å². The highest BCUT2D eigenvalue weighted by molar-refractivity contribution is 7.07. The second-order valence-electron chi connectivity index (χ2n) is 8.74. The highest BCUT2D eigenvalue weighted by Crippen LogP contribution is 2.41. The molecule has 36 heavy (non-hydrogen) atoms. The van der Waals surface area contributed by atoms with Crippen molar-refractivity contribution in [1.29, 1.82) is 0 Å². The number of hydrogen-bond donors (Lipinski definition) is 0. The van der Waals surface area contributed by atoms with Crippen molar-refractivity contribution in [3.8, 4) is 5.75 Å². The first-order chi connectivity index (χ1) is 17.5. The van der Waals surface area contributed by atoms with Gasteiger partial charge < -0.3 is 4.74 Å². The highest BCUT2D eigenvalue weighted by Gasteiger charge is 2.32. The van der Waals surface area contributed by atoms with Gasteiger partial charge in [0, 0.05) is 17.7 Å². The maximum Gasteiger partial charge on any atom is 0.271 e. The van der Waals surface area contributed by atoms with Crippen LogP contribution in [0, 0.1) is 10.1 Å². The molecule has 0 saturated carbocycles. The number of thiazole rings is 1. The normalized spacial score (nSPS) is 16.6.